The highest BCUT2D eigenvalue weighted by Crippen LogP contribution is 2.24. The normalized spacial score (nSPS) is 19.4. The molecule has 1 N–H and O–H groups in total. The predicted octanol–water partition coefficient (Wildman–Crippen LogP) is 1.39. The first kappa shape index (κ1) is 23.7. The predicted molar refractivity (Wildman–Crippen MR) is 119 cm³/mol. The van der Waals surface area contributed by atoms with Crippen LogP contribution in [0.2, 0.25) is 0 Å². The van der Waals surface area contributed by atoms with Crippen molar-refractivity contribution in [2.75, 3.05) is 52.4 Å². The van der Waals surface area contributed by atoms with Crippen molar-refractivity contribution in [3.63, 3.8) is 0 Å². The molecule has 2 aliphatic rings. The monoisotopic (exact) mass is 450 g/mol. The molecule has 0 bridgehead atoms. The topological polar surface area (TPSA) is 90.0 Å². The molecule has 0 spiro atoms. The summed E-state index contributed by atoms with van der Waals surface area (Å²) in [5.74, 6) is 0.463. The summed E-state index contributed by atoms with van der Waals surface area (Å²) in [6, 6.07) is 6.28. The average Bonchev–Trinajstić information content (AvgIpc) is 2.78. The second-order valence-electron chi connectivity index (χ2n) is 8.53. The number of sulfonamides is 1. The van der Waals surface area contributed by atoms with Gasteiger partial charge < -0.3 is 10.2 Å². The molecule has 0 aromatic heterocycles. The zero-order chi connectivity index (χ0) is 22.4. The van der Waals surface area contributed by atoms with E-state index in [0.717, 1.165) is 19.3 Å². The summed E-state index contributed by atoms with van der Waals surface area (Å²) < 4.78 is 27.3. The minimum atomic E-state index is -3.51. The van der Waals surface area contributed by atoms with Gasteiger partial charge in [0.05, 0.1) is 11.4 Å². The number of piperazine rings is 1. The lowest BCUT2D eigenvalue weighted by molar-refractivity contribution is -0.122. The highest BCUT2D eigenvalue weighted by Gasteiger charge is 2.29. The van der Waals surface area contributed by atoms with Crippen molar-refractivity contribution in [2.45, 2.75) is 38.0 Å². The maximum atomic E-state index is 12.9. The minimum Gasteiger partial charge on any atom is -0.355 e. The third-order valence-electron chi connectivity index (χ3n) is 6.08. The summed E-state index contributed by atoms with van der Waals surface area (Å²) >= 11 is 0. The Morgan fingerprint density at radius 3 is 2.19 bits per heavy atom. The van der Waals surface area contributed by atoms with Crippen LogP contribution in [0.4, 0.5) is 0 Å². The number of rotatable bonds is 7. The highest BCUT2D eigenvalue weighted by molar-refractivity contribution is 7.89. The van der Waals surface area contributed by atoms with Gasteiger partial charge in [-0.05, 0) is 49.4 Å². The van der Waals surface area contributed by atoms with Crippen LogP contribution >= 0.6 is 0 Å². The Morgan fingerprint density at radius 1 is 1.00 bits per heavy atom. The Bertz CT molecular complexity index is 856. The van der Waals surface area contributed by atoms with Gasteiger partial charge in [-0.1, -0.05) is 13.8 Å². The number of amides is 2. The molecular formula is C22H34N4O4S. The standard InChI is InChI=1S/C22H34N4O4S/c1-3-10-23-21(27)17-24-13-15-25(16-14-24)22(28)19-4-6-20(7-5-19)31(29,30)26-11-8-18(2)9-12-26/h4-7,18H,3,8-17H2,1-2H3,(H,23,27). The first-order valence-corrected chi connectivity index (χ1v) is 12.6. The first-order valence-electron chi connectivity index (χ1n) is 11.2. The van der Waals surface area contributed by atoms with Crippen molar-refractivity contribution in [3.05, 3.63) is 29.8 Å². The molecule has 0 radical (unpaired) electrons. The van der Waals surface area contributed by atoms with Crippen molar-refractivity contribution in [2.24, 2.45) is 5.92 Å². The Hall–Kier alpha value is -1.97. The van der Waals surface area contributed by atoms with Gasteiger partial charge >= 0.3 is 0 Å². The number of carbonyl (C=O) groups excluding carboxylic acids is 2. The molecule has 2 heterocycles. The van der Waals surface area contributed by atoms with E-state index in [4.69, 9.17) is 0 Å². The van der Waals surface area contributed by atoms with E-state index in [9.17, 15) is 18.0 Å². The summed E-state index contributed by atoms with van der Waals surface area (Å²) in [7, 11) is -3.51. The highest BCUT2D eigenvalue weighted by atomic mass is 32.2. The second kappa shape index (κ2) is 10.6. The quantitative estimate of drug-likeness (QED) is 0.678. The molecule has 0 unspecified atom stereocenters. The summed E-state index contributed by atoms with van der Waals surface area (Å²) in [6.07, 6.45) is 2.66. The van der Waals surface area contributed by atoms with Crippen LogP contribution in [-0.2, 0) is 14.8 Å². The molecule has 2 aliphatic heterocycles. The van der Waals surface area contributed by atoms with Crippen molar-refractivity contribution in [3.8, 4) is 0 Å². The van der Waals surface area contributed by atoms with Crippen molar-refractivity contribution >= 4 is 21.8 Å². The lowest BCUT2D eigenvalue weighted by atomic mass is 10.0. The van der Waals surface area contributed by atoms with Crippen molar-refractivity contribution in [1.29, 1.82) is 0 Å². The molecule has 1 aromatic carbocycles. The second-order valence-corrected chi connectivity index (χ2v) is 10.5. The molecule has 31 heavy (non-hydrogen) atoms. The molecule has 172 valence electrons. The molecule has 2 fully saturated rings. The van der Waals surface area contributed by atoms with Crippen LogP contribution in [0.15, 0.2) is 29.2 Å². The molecule has 3 rings (SSSR count). The van der Waals surface area contributed by atoms with Crippen molar-refractivity contribution in [1.82, 2.24) is 19.4 Å². The van der Waals surface area contributed by atoms with Gasteiger partial charge in [-0.2, -0.15) is 4.31 Å². The molecular weight excluding hydrogens is 416 g/mol. The van der Waals surface area contributed by atoms with E-state index in [1.165, 1.54) is 12.1 Å². The number of nitrogens with one attached hydrogen (secondary N) is 1. The lowest BCUT2D eigenvalue weighted by Gasteiger charge is -2.34. The molecule has 0 saturated carbocycles. The van der Waals surface area contributed by atoms with Gasteiger partial charge in [-0.25, -0.2) is 8.42 Å². The van der Waals surface area contributed by atoms with E-state index in [1.807, 2.05) is 11.8 Å². The van der Waals surface area contributed by atoms with Gasteiger partial charge in [0.2, 0.25) is 15.9 Å². The third kappa shape index (κ3) is 6.05. The molecule has 9 heteroatoms. The van der Waals surface area contributed by atoms with Gasteiger partial charge in [0.1, 0.15) is 0 Å². The van der Waals surface area contributed by atoms with E-state index in [-0.39, 0.29) is 16.7 Å². The summed E-state index contributed by atoms with van der Waals surface area (Å²) in [5.41, 5.74) is 0.486. The number of nitrogens with zero attached hydrogens (tertiary/aromatic N) is 3. The van der Waals surface area contributed by atoms with Crippen LogP contribution in [-0.4, -0.2) is 86.7 Å². The Morgan fingerprint density at radius 2 is 1.61 bits per heavy atom. The fourth-order valence-electron chi connectivity index (χ4n) is 3.96. The Balaban J connectivity index is 1.54. The fourth-order valence-corrected chi connectivity index (χ4v) is 5.43. The largest absolute Gasteiger partial charge is 0.355 e. The Kier molecular flexibility index (Phi) is 8.07. The smallest absolute Gasteiger partial charge is 0.253 e. The first-order chi connectivity index (χ1) is 14.8. The number of hydrogen-bond donors (Lipinski definition) is 1. The van der Waals surface area contributed by atoms with E-state index in [0.29, 0.717) is 63.8 Å². The third-order valence-corrected chi connectivity index (χ3v) is 7.99. The van der Waals surface area contributed by atoms with Crippen LogP contribution in [0.1, 0.15) is 43.5 Å². The summed E-state index contributed by atoms with van der Waals surface area (Å²) in [4.78, 5) is 28.7. The number of hydrogen-bond acceptors (Lipinski definition) is 5. The zero-order valence-electron chi connectivity index (χ0n) is 18.5. The minimum absolute atomic E-state index is 0.0154. The van der Waals surface area contributed by atoms with E-state index in [2.05, 4.69) is 12.2 Å². The van der Waals surface area contributed by atoms with Gasteiger partial charge in [0.15, 0.2) is 0 Å². The van der Waals surface area contributed by atoms with Gasteiger partial charge in [0.25, 0.3) is 5.91 Å². The van der Waals surface area contributed by atoms with E-state index in [1.54, 1.807) is 21.3 Å². The van der Waals surface area contributed by atoms with Crippen LogP contribution in [0.25, 0.3) is 0 Å². The SMILES string of the molecule is CCCNC(=O)CN1CCN(C(=O)c2ccc(S(=O)(=O)N3CCC(C)CC3)cc2)CC1. The molecule has 0 aliphatic carbocycles. The average molecular weight is 451 g/mol. The summed E-state index contributed by atoms with van der Waals surface area (Å²) in [6.45, 7) is 8.67. The molecule has 8 nitrogen and oxygen atoms in total. The molecule has 1 aromatic rings. The van der Waals surface area contributed by atoms with E-state index < -0.39 is 10.0 Å². The molecule has 0 atom stereocenters. The maximum Gasteiger partial charge on any atom is 0.253 e. The number of carbonyl (C=O) groups is 2. The van der Waals surface area contributed by atoms with Gasteiger partial charge in [-0.3, -0.25) is 14.5 Å². The van der Waals surface area contributed by atoms with Crippen molar-refractivity contribution < 1.29 is 18.0 Å². The lowest BCUT2D eigenvalue weighted by Crippen LogP contribution is -2.51. The van der Waals surface area contributed by atoms with Gasteiger partial charge in [-0.15, -0.1) is 0 Å². The maximum absolute atomic E-state index is 12.9. The number of piperidine rings is 1. The zero-order valence-corrected chi connectivity index (χ0v) is 19.4. The van der Waals surface area contributed by atoms with Crippen LogP contribution in [0, 0.1) is 5.92 Å². The van der Waals surface area contributed by atoms with E-state index >= 15 is 0 Å². The van der Waals surface area contributed by atoms with Crippen LogP contribution < -0.4 is 5.32 Å². The fraction of sp³-hybridized carbons (Fsp3) is 0.636. The van der Waals surface area contributed by atoms with Crippen LogP contribution in [0.5, 0.6) is 0 Å². The van der Waals surface area contributed by atoms with Crippen LogP contribution in [0.3, 0.4) is 0 Å². The Labute approximate surface area is 185 Å². The summed E-state index contributed by atoms with van der Waals surface area (Å²) in [5, 5.41) is 2.87. The van der Waals surface area contributed by atoms with Gasteiger partial charge in [0, 0.05) is 51.4 Å². The molecule has 2 saturated heterocycles. The molecule has 2 amide bonds. The number of benzene rings is 1.